The molecule has 4 nitrogen and oxygen atoms in total. The van der Waals surface area contributed by atoms with Crippen LogP contribution in [0.15, 0.2) is 95.8 Å². The lowest BCUT2D eigenvalue weighted by atomic mass is 9.98. The van der Waals surface area contributed by atoms with Gasteiger partial charge in [0.05, 0.1) is 11.3 Å². The Labute approximate surface area is 194 Å². The van der Waals surface area contributed by atoms with Gasteiger partial charge in [-0.25, -0.2) is 4.68 Å². The maximum atomic E-state index is 13.4. The van der Waals surface area contributed by atoms with Crippen LogP contribution in [0.5, 0.6) is 5.75 Å². The molecule has 4 rings (SSSR count). The van der Waals surface area contributed by atoms with Crippen LogP contribution < -0.4 is 10.3 Å². The second kappa shape index (κ2) is 10.6. The third kappa shape index (κ3) is 5.29. The van der Waals surface area contributed by atoms with Crippen molar-refractivity contribution in [3.63, 3.8) is 0 Å². The number of rotatable bonds is 8. The largest absolute Gasteiger partial charge is 0.488 e. The molecule has 0 spiro atoms. The van der Waals surface area contributed by atoms with E-state index in [1.54, 1.807) is 4.68 Å². The lowest BCUT2D eigenvalue weighted by molar-refractivity contribution is 0.307. The van der Waals surface area contributed by atoms with Crippen LogP contribution in [0.1, 0.15) is 29.3 Å². The molecule has 3 aromatic carbocycles. The maximum absolute atomic E-state index is 13.4. The summed E-state index contributed by atoms with van der Waals surface area (Å²) in [7, 11) is 0. The number of allylic oxidation sites excluding steroid dienone is 1. The average molecular weight is 437 g/mol. The van der Waals surface area contributed by atoms with Gasteiger partial charge >= 0.3 is 0 Å². The summed E-state index contributed by atoms with van der Waals surface area (Å²) in [6, 6.07) is 28.1. The second-order valence-corrected chi connectivity index (χ2v) is 7.91. The first-order valence-electron chi connectivity index (χ1n) is 11.2. The summed E-state index contributed by atoms with van der Waals surface area (Å²) in [5, 5.41) is 4.68. The highest BCUT2D eigenvalue weighted by Gasteiger charge is 2.18. The van der Waals surface area contributed by atoms with Crippen molar-refractivity contribution in [2.75, 3.05) is 0 Å². The summed E-state index contributed by atoms with van der Waals surface area (Å²) >= 11 is 0. The molecular formula is C29H28N2O2. The first kappa shape index (κ1) is 22.3. The van der Waals surface area contributed by atoms with E-state index in [0.717, 1.165) is 34.6 Å². The molecule has 0 atom stereocenters. The van der Waals surface area contributed by atoms with Crippen molar-refractivity contribution < 1.29 is 4.74 Å². The zero-order valence-electron chi connectivity index (χ0n) is 19.1. The third-order valence-corrected chi connectivity index (χ3v) is 5.55. The molecule has 0 saturated carbocycles. The van der Waals surface area contributed by atoms with Crippen LogP contribution in [-0.4, -0.2) is 9.78 Å². The summed E-state index contributed by atoms with van der Waals surface area (Å²) < 4.78 is 7.76. The van der Waals surface area contributed by atoms with Crippen LogP contribution >= 0.6 is 0 Å². The van der Waals surface area contributed by atoms with Crippen LogP contribution in [0.25, 0.3) is 17.2 Å². The Morgan fingerprint density at radius 3 is 2.21 bits per heavy atom. The Balaban J connectivity index is 1.70. The van der Waals surface area contributed by atoms with Gasteiger partial charge in [-0.1, -0.05) is 91.0 Å². The number of hydrogen-bond acceptors (Lipinski definition) is 3. The summed E-state index contributed by atoms with van der Waals surface area (Å²) in [4.78, 5) is 13.4. The summed E-state index contributed by atoms with van der Waals surface area (Å²) in [5.74, 6) is 0.735. The van der Waals surface area contributed by atoms with Crippen LogP contribution in [0, 0.1) is 6.92 Å². The lowest BCUT2D eigenvalue weighted by Crippen LogP contribution is -2.27. The number of aromatic nitrogens is 2. The number of benzene rings is 3. The molecule has 33 heavy (non-hydrogen) atoms. The molecule has 0 N–H and O–H groups in total. The van der Waals surface area contributed by atoms with Crippen LogP contribution in [-0.2, 0) is 19.6 Å². The molecular weight excluding hydrogens is 408 g/mol. The second-order valence-electron chi connectivity index (χ2n) is 7.91. The van der Waals surface area contributed by atoms with Gasteiger partial charge in [0.25, 0.3) is 5.56 Å². The fourth-order valence-corrected chi connectivity index (χ4v) is 3.94. The molecule has 0 bridgehead atoms. The van der Waals surface area contributed by atoms with E-state index in [2.05, 4.69) is 17.2 Å². The molecule has 4 heteroatoms. The van der Waals surface area contributed by atoms with E-state index in [1.807, 2.05) is 98.8 Å². The summed E-state index contributed by atoms with van der Waals surface area (Å²) in [6.45, 7) is 4.86. The molecule has 1 aromatic heterocycles. The molecule has 0 aliphatic heterocycles. The Morgan fingerprint density at radius 2 is 1.52 bits per heavy atom. The van der Waals surface area contributed by atoms with E-state index in [9.17, 15) is 4.79 Å². The SMILES string of the molecule is C/C=C/c1c(-c2ccccc2OCc2ccccc2)c(C)nn(CCc2ccccc2)c1=O. The minimum atomic E-state index is -0.0949. The molecule has 166 valence electrons. The fraction of sp³-hybridized carbons (Fsp3) is 0.172. The van der Waals surface area contributed by atoms with E-state index < -0.39 is 0 Å². The molecule has 0 saturated heterocycles. The Bertz CT molecular complexity index is 1290. The van der Waals surface area contributed by atoms with Crippen LogP contribution in [0.2, 0.25) is 0 Å². The number of nitrogens with zero attached hydrogens (tertiary/aromatic N) is 2. The van der Waals surface area contributed by atoms with Crippen molar-refractivity contribution >= 4 is 6.08 Å². The fourth-order valence-electron chi connectivity index (χ4n) is 3.94. The highest BCUT2D eigenvalue weighted by Crippen LogP contribution is 2.34. The van der Waals surface area contributed by atoms with Crippen molar-refractivity contribution in [1.29, 1.82) is 0 Å². The molecule has 1 heterocycles. The lowest BCUT2D eigenvalue weighted by Gasteiger charge is -2.17. The van der Waals surface area contributed by atoms with Crippen molar-refractivity contribution in [2.24, 2.45) is 0 Å². The number of ether oxygens (including phenoxy) is 1. The molecule has 0 aliphatic rings. The Morgan fingerprint density at radius 1 is 0.879 bits per heavy atom. The first-order valence-corrected chi connectivity index (χ1v) is 11.2. The van der Waals surface area contributed by atoms with Crippen molar-refractivity contribution in [3.8, 4) is 16.9 Å². The number of aryl methyl sites for hydroxylation is 3. The van der Waals surface area contributed by atoms with Gasteiger partial charge in [-0.3, -0.25) is 4.79 Å². The monoisotopic (exact) mass is 436 g/mol. The first-order chi connectivity index (χ1) is 16.2. The smallest absolute Gasteiger partial charge is 0.274 e. The normalized spacial score (nSPS) is 11.1. The minimum Gasteiger partial charge on any atom is -0.488 e. The van der Waals surface area contributed by atoms with E-state index in [-0.39, 0.29) is 5.56 Å². The Kier molecular flexibility index (Phi) is 7.16. The van der Waals surface area contributed by atoms with Gasteiger partial charge in [0.1, 0.15) is 12.4 Å². The quantitative estimate of drug-likeness (QED) is 0.337. The van der Waals surface area contributed by atoms with Gasteiger partial charge < -0.3 is 4.74 Å². The molecule has 0 aliphatic carbocycles. The highest BCUT2D eigenvalue weighted by molar-refractivity contribution is 5.80. The van der Waals surface area contributed by atoms with E-state index in [0.29, 0.717) is 18.7 Å². The molecule has 0 amide bonds. The van der Waals surface area contributed by atoms with Gasteiger partial charge in [-0.15, -0.1) is 0 Å². The predicted octanol–water partition coefficient (Wildman–Crippen LogP) is 6.07. The third-order valence-electron chi connectivity index (χ3n) is 5.55. The summed E-state index contributed by atoms with van der Waals surface area (Å²) in [5.41, 5.74) is 5.30. The molecule has 0 unspecified atom stereocenters. The van der Waals surface area contributed by atoms with Crippen molar-refractivity contribution in [3.05, 3.63) is 124 Å². The zero-order valence-corrected chi connectivity index (χ0v) is 19.1. The van der Waals surface area contributed by atoms with Gasteiger partial charge in [0.15, 0.2) is 0 Å². The zero-order chi connectivity index (χ0) is 23.0. The predicted molar refractivity (Wildman–Crippen MR) is 134 cm³/mol. The molecule has 4 aromatic rings. The van der Waals surface area contributed by atoms with Gasteiger partial charge in [-0.05, 0) is 37.5 Å². The highest BCUT2D eigenvalue weighted by atomic mass is 16.5. The van der Waals surface area contributed by atoms with E-state index in [4.69, 9.17) is 4.74 Å². The van der Waals surface area contributed by atoms with Crippen molar-refractivity contribution in [1.82, 2.24) is 9.78 Å². The van der Waals surface area contributed by atoms with E-state index in [1.165, 1.54) is 5.56 Å². The van der Waals surface area contributed by atoms with Gasteiger partial charge in [0, 0.05) is 17.7 Å². The Hall–Kier alpha value is -3.92. The molecule has 0 fully saturated rings. The minimum absolute atomic E-state index is 0.0949. The average Bonchev–Trinajstić information content (AvgIpc) is 2.86. The van der Waals surface area contributed by atoms with Gasteiger partial charge in [-0.2, -0.15) is 5.10 Å². The van der Waals surface area contributed by atoms with Gasteiger partial charge in [0.2, 0.25) is 0 Å². The maximum Gasteiger partial charge on any atom is 0.274 e. The van der Waals surface area contributed by atoms with Crippen LogP contribution in [0.4, 0.5) is 0 Å². The molecule has 0 radical (unpaired) electrons. The number of hydrogen-bond donors (Lipinski definition) is 0. The topological polar surface area (TPSA) is 44.1 Å². The van der Waals surface area contributed by atoms with E-state index >= 15 is 0 Å². The van der Waals surface area contributed by atoms with Crippen molar-refractivity contribution in [2.45, 2.75) is 33.4 Å². The number of para-hydroxylation sites is 1. The standard InChI is InChI=1S/C29H28N2O2/c1-3-12-26-28(22(2)30-31(29(26)32)20-19-23-13-6-4-7-14-23)25-17-10-11-18-27(25)33-21-24-15-8-5-9-16-24/h3-18H,19-21H2,1-2H3/b12-3+. The van der Waals surface area contributed by atoms with Crippen LogP contribution in [0.3, 0.4) is 0 Å². The summed E-state index contributed by atoms with van der Waals surface area (Å²) in [6.07, 6.45) is 4.52.